The third-order valence-electron chi connectivity index (χ3n) is 2.85. The summed E-state index contributed by atoms with van der Waals surface area (Å²) in [5.74, 6) is 0. The van der Waals surface area contributed by atoms with Crippen molar-refractivity contribution in [1.29, 1.82) is 5.26 Å². The first-order chi connectivity index (χ1) is 8.38. The van der Waals surface area contributed by atoms with Gasteiger partial charge in [0.25, 0.3) is 0 Å². The van der Waals surface area contributed by atoms with Crippen LogP contribution in [-0.4, -0.2) is 18.8 Å². The van der Waals surface area contributed by atoms with Crippen molar-refractivity contribution in [3.8, 4) is 6.07 Å². The molecule has 0 bridgehead atoms. The lowest BCUT2D eigenvalue weighted by atomic mass is 9.99. The van der Waals surface area contributed by atoms with Crippen LogP contribution in [0, 0.1) is 11.3 Å². The first-order valence-corrected chi connectivity index (χ1v) is 6.27. The van der Waals surface area contributed by atoms with Gasteiger partial charge in [-0.3, -0.25) is 0 Å². The molecule has 3 nitrogen and oxygen atoms in total. The largest absolute Gasteiger partial charge is 0.382 e. The van der Waals surface area contributed by atoms with Crippen molar-refractivity contribution in [3.63, 3.8) is 0 Å². The highest BCUT2D eigenvalue weighted by atomic mass is 35.5. The SMILES string of the molecule is COC(C)(C)CC(C)Nc1ccc(Cl)c(C#N)c1. The Morgan fingerprint density at radius 1 is 1.50 bits per heavy atom. The Balaban J connectivity index is 2.71. The maximum atomic E-state index is 8.92. The van der Waals surface area contributed by atoms with Gasteiger partial charge in [0.15, 0.2) is 0 Å². The summed E-state index contributed by atoms with van der Waals surface area (Å²) < 4.78 is 5.40. The average molecular weight is 267 g/mol. The summed E-state index contributed by atoms with van der Waals surface area (Å²) in [5.41, 5.74) is 1.21. The van der Waals surface area contributed by atoms with Gasteiger partial charge in [0.05, 0.1) is 16.2 Å². The third kappa shape index (κ3) is 4.21. The van der Waals surface area contributed by atoms with Gasteiger partial charge in [-0.25, -0.2) is 0 Å². The van der Waals surface area contributed by atoms with Crippen LogP contribution in [0.5, 0.6) is 0 Å². The van der Waals surface area contributed by atoms with E-state index in [1.54, 1.807) is 19.2 Å². The predicted molar refractivity (Wildman–Crippen MR) is 75.0 cm³/mol. The number of nitrogens with zero attached hydrogens (tertiary/aromatic N) is 1. The molecule has 98 valence electrons. The molecule has 1 atom stereocenters. The number of halogens is 1. The van der Waals surface area contributed by atoms with E-state index in [2.05, 4.69) is 18.3 Å². The van der Waals surface area contributed by atoms with Crippen LogP contribution >= 0.6 is 11.6 Å². The highest BCUT2D eigenvalue weighted by molar-refractivity contribution is 6.31. The Labute approximate surface area is 114 Å². The second-order valence-electron chi connectivity index (χ2n) is 5.02. The van der Waals surface area contributed by atoms with Gasteiger partial charge in [0, 0.05) is 18.8 Å². The molecule has 1 aromatic rings. The highest BCUT2D eigenvalue weighted by Gasteiger charge is 2.20. The number of nitriles is 1. The maximum Gasteiger partial charge on any atom is 0.101 e. The Morgan fingerprint density at radius 3 is 2.72 bits per heavy atom. The van der Waals surface area contributed by atoms with E-state index in [1.807, 2.05) is 19.9 Å². The van der Waals surface area contributed by atoms with E-state index in [1.165, 1.54) is 0 Å². The molecule has 0 saturated carbocycles. The fourth-order valence-electron chi connectivity index (χ4n) is 1.86. The van der Waals surface area contributed by atoms with Crippen LogP contribution in [0.1, 0.15) is 32.8 Å². The van der Waals surface area contributed by atoms with Gasteiger partial charge in [0.1, 0.15) is 6.07 Å². The Bertz CT molecular complexity index is 452. The molecule has 0 amide bonds. The Hall–Kier alpha value is -1.24. The van der Waals surface area contributed by atoms with E-state index in [0.717, 1.165) is 12.1 Å². The molecule has 1 aromatic carbocycles. The minimum atomic E-state index is -0.170. The van der Waals surface area contributed by atoms with E-state index >= 15 is 0 Å². The van der Waals surface area contributed by atoms with E-state index in [9.17, 15) is 0 Å². The molecule has 0 radical (unpaired) electrons. The number of nitrogens with one attached hydrogen (secondary N) is 1. The molecular weight excluding hydrogens is 248 g/mol. The van der Waals surface area contributed by atoms with Crippen LogP contribution in [0.4, 0.5) is 5.69 Å². The molecule has 0 heterocycles. The summed E-state index contributed by atoms with van der Waals surface area (Å²) in [7, 11) is 1.71. The lowest BCUT2D eigenvalue weighted by Gasteiger charge is -2.27. The van der Waals surface area contributed by atoms with Gasteiger partial charge < -0.3 is 10.1 Å². The molecule has 0 aliphatic heterocycles. The number of benzene rings is 1. The number of ether oxygens (including phenoxy) is 1. The quantitative estimate of drug-likeness (QED) is 0.881. The first-order valence-electron chi connectivity index (χ1n) is 5.89. The second kappa shape index (κ2) is 6.08. The predicted octanol–water partition coefficient (Wildman–Crippen LogP) is 3.83. The molecule has 0 aromatic heterocycles. The van der Waals surface area contributed by atoms with Gasteiger partial charge >= 0.3 is 0 Å². The summed E-state index contributed by atoms with van der Waals surface area (Å²) in [4.78, 5) is 0. The fourth-order valence-corrected chi connectivity index (χ4v) is 2.02. The zero-order valence-corrected chi connectivity index (χ0v) is 12.0. The molecule has 1 unspecified atom stereocenters. The molecule has 0 fully saturated rings. The van der Waals surface area contributed by atoms with E-state index in [-0.39, 0.29) is 11.6 Å². The monoisotopic (exact) mass is 266 g/mol. The number of hydrogen-bond donors (Lipinski definition) is 1. The molecule has 0 saturated heterocycles. The number of hydrogen-bond acceptors (Lipinski definition) is 3. The van der Waals surface area contributed by atoms with Crippen molar-refractivity contribution in [2.75, 3.05) is 12.4 Å². The zero-order chi connectivity index (χ0) is 13.8. The Kier molecular flexibility index (Phi) is 5.01. The topological polar surface area (TPSA) is 45.0 Å². The fraction of sp³-hybridized carbons (Fsp3) is 0.500. The van der Waals surface area contributed by atoms with E-state index in [4.69, 9.17) is 21.6 Å². The minimum Gasteiger partial charge on any atom is -0.382 e. The molecule has 1 rings (SSSR count). The van der Waals surface area contributed by atoms with Crippen molar-refractivity contribution >= 4 is 17.3 Å². The summed E-state index contributed by atoms with van der Waals surface area (Å²) in [6.07, 6.45) is 0.869. The van der Waals surface area contributed by atoms with Crippen LogP contribution in [0.3, 0.4) is 0 Å². The molecule has 1 N–H and O–H groups in total. The third-order valence-corrected chi connectivity index (χ3v) is 3.18. The molecule has 18 heavy (non-hydrogen) atoms. The van der Waals surface area contributed by atoms with Crippen molar-refractivity contribution in [2.45, 2.75) is 38.8 Å². The van der Waals surface area contributed by atoms with Crippen molar-refractivity contribution in [3.05, 3.63) is 28.8 Å². The average Bonchev–Trinajstić information content (AvgIpc) is 2.31. The van der Waals surface area contributed by atoms with Gasteiger partial charge in [-0.15, -0.1) is 0 Å². The zero-order valence-electron chi connectivity index (χ0n) is 11.2. The second-order valence-corrected chi connectivity index (χ2v) is 5.43. The maximum absolute atomic E-state index is 8.92. The lowest BCUT2D eigenvalue weighted by molar-refractivity contribution is 0.0128. The number of anilines is 1. The van der Waals surface area contributed by atoms with Crippen molar-refractivity contribution in [1.82, 2.24) is 0 Å². The smallest absolute Gasteiger partial charge is 0.101 e. The molecular formula is C14H19ClN2O. The first kappa shape index (κ1) is 14.8. The van der Waals surface area contributed by atoms with Gasteiger partial charge in [-0.1, -0.05) is 11.6 Å². The van der Waals surface area contributed by atoms with Gasteiger partial charge in [-0.05, 0) is 45.4 Å². The summed E-state index contributed by atoms with van der Waals surface area (Å²) in [6.45, 7) is 6.18. The molecule has 0 aliphatic carbocycles. The van der Waals surface area contributed by atoms with E-state index < -0.39 is 0 Å². The standard InChI is InChI=1S/C14H19ClN2O/c1-10(8-14(2,3)18-4)17-12-5-6-13(15)11(7-12)9-16/h5-7,10,17H,8H2,1-4H3. The summed E-state index contributed by atoms with van der Waals surface area (Å²) in [5, 5.41) is 12.7. The lowest BCUT2D eigenvalue weighted by Crippen LogP contribution is -2.31. The number of rotatable bonds is 5. The van der Waals surface area contributed by atoms with Crippen LogP contribution in [0.15, 0.2) is 18.2 Å². The normalized spacial score (nSPS) is 12.9. The molecule has 0 aliphatic rings. The van der Waals surface area contributed by atoms with Crippen LogP contribution in [0.2, 0.25) is 5.02 Å². The summed E-state index contributed by atoms with van der Waals surface area (Å²) >= 11 is 5.89. The Morgan fingerprint density at radius 2 is 2.17 bits per heavy atom. The van der Waals surface area contributed by atoms with Crippen LogP contribution in [0.25, 0.3) is 0 Å². The van der Waals surface area contributed by atoms with E-state index in [0.29, 0.717) is 10.6 Å². The van der Waals surface area contributed by atoms with Crippen LogP contribution < -0.4 is 5.32 Å². The van der Waals surface area contributed by atoms with Crippen molar-refractivity contribution < 1.29 is 4.74 Å². The van der Waals surface area contributed by atoms with Gasteiger partial charge in [-0.2, -0.15) is 5.26 Å². The number of methoxy groups -OCH3 is 1. The minimum absolute atomic E-state index is 0.170. The van der Waals surface area contributed by atoms with Crippen molar-refractivity contribution in [2.24, 2.45) is 0 Å². The molecule has 4 heteroatoms. The van der Waals surface area contributed by atoms with Gasteiger partial charge in [0.2, 0.25) is 0 Å². The highest BCUT2D eigenvalue weighted by Crippen LogP contribution is 2.22. The summed E-state index contributed by atoms with van der Waals surface area (Å²) in [6, 6.07) is 7.68. The molecule has 0 spiro atoms. The van der Waals surface area contributed by atoms with Crippen LogP contribution in [-0.2, 0) is 4.74 Å².